The van der Waals surface area contributed by atoms with Crippen molar-refractivity contribution in [3.63, 3.8) is 0 Å². The topological polar surface area (TPSA) is 35.5 Å². The first-order valence-electron chi connectivity index (χ1n) is 13.4. The molecule has 3 nitrogen and oxygen atoms in total. The summed E-state index contributed by atoms with van der Waals surface area (Å²) in [5, 5.41) is 4.98. The van der Waals surface area contributed by atoms with Gasteiger partial charge < -0.3 is 9.47 Å². The van der Waals surface area contributed by atoms with E-state index in [1.54, 1.807) is 0 Å². The lowest BCUT2D eigenvalue weighted by Crippen LogP contribution is -2.10. The van der Waals surface area contributed by atoms with Gasteiger partial charge in [0.2, 0.25) is 0 Å². The minimum absolute atomic E-state index is 0.00494. The summed E-state index contributed by atoms with van der Waals surface area (Å²) in [6, 6.07) is 19.4. The third kappa shape index (κ3) is 9.00. The van der Waals surface area contributed by atoms with Crippen molar-refractivity contribution in [2.75, 3.05) is 6.61 Å². The number of unbranched alkanes of at least 4 members (excludes halogenated alkanes) is 10. The van der Waals surface area contributed by atoms with Gasteiger partial charge in [0.25, 0.3) is 0 Å². The number of hydrogen-bond donors (Lipinski definition) is 0. The summed E-state index contributed by atoms with van der Waals surface area (Å²) in [6.45, 7) is 4.59. The van der Waals surface area contributed by atoms with Gasteiger partial charge in [-0.2, -0.15) is 0 Å². The SMILES string of the molecule is CC(C)OC(=O)CCCCCCCCCCCCCOc1cccc2cc3ccccc3cc12. The van der Waals surface area contributed by atoms with Gasteiger partial charge in [0.15, 0.2) is 0 Å². The molecule has 0 heterocycles. The summed E-state index contributed by atoms with van der Waals surface area (Å²) in [5.74, 6) is 0.950. The zero-order chi connectivity index (χ0) is 24.0. The van der Waals surface area contributed by atoms with Gasteiger partial charge in [-0.1, -0.05) is 94.2 Å². The normalized spacial score (nSPS) is 11.4. The van der Waals surface area contributed by atoms with Crippen LogP contribution in [0.25, 0.3) is 21.5 Å². The van der Waals surface area contributed by atoms with Crippen LogP contribution >= 0.6 is 0 Å². The van der Waals surface area contributed by atoms with Crippen molar-refractivity contribution in [3.8, 4) is 5.75 Å². The van der Waals surface area contributed by atoms with Crippen molar-refractivity contribution in [1.29, 1.82) is 0 Å². The monoisotopic (exact) mass is 462 g/mol. The van der Waals surface area contributed by atoms with Gasteiger partial charge in [-0.3, -0.25) is 4.79 Å². The fraction of sp³-hybridized carbons (Fsp3) is 0.516. The zero-order valence-corrected chi connectivity index (χ0v) is 21.2. The molecule has 3 aromatic carbocycles. The van der Waals surface area contributed by atoms with E-state index in [1.165, 1.54) is 72.9 Å². The lowest BCUT2D eigenvalue weighted by Gasteiger charge is -2.10. The number of esters is 1. The molecule has 0 saturated heterocycles. The fourth-order valence-corrected chi connectivity index (χ4v) is 4.53. The van der Waals surface area contributed by atoms with Gasteiger partial charge in [-0.05, 0) is 61.0 Å². The highest BCUT2D eigenvalue weighted by Gasteiger charge is 2.05. The number of rotatable bonds is 16. The van der Waals surface area contributed by atoms with Crippen molar-refractivity contribution < 1.29 is 14.3 Å². The van der Waals surface area contributed by atoms with Crippen molar-refractivity contribution in [1.82, 2.24) is 0 Å². The molecule has 0 spiro atoms. The van der Waals surface area contributed by atoms with Crippen LogP contribution in [-0.2, 0) is 9.53 Å². The van der Waals surface area contributed by atoms with Crippen LogP contribution in [-0.4, -0.2) is 18.7 Å². The molecule has 0 saturated carbocycles. The van der Waals surface area contributed by atoms with E-state index < -0.39 is 0 Å². The highest BCUT2D eigenvalue weighted by Crippen LogP contribution is 2.30. The van der Waals surface area contributed by atoms with Gasteiger partial charge in [-0.15, -0.1) is 0 Å². The molecule has 184 valence electrons. The third-order valence-electron chi connectivity index (χ3n) is 6.36. The first-order chi connectivity index (χ1) is 16.6. The van der Waals surface area contributed by atoms with Gasteiger partial charge in [-0.25, -0.2) is 0 Å². The van der Waals surface area contributed by atoms with Crippen molar-refractivity contribution in [3.05, 3.63) is 54.6 Å². The van der Waals surface area contributed by atoms with E-state index in [1.807, 2.05) is 13.8 Å². The number of hydrogen-bond acceptors (Lipinski definition) is 3. The van der Waals surface area contributed by atoms with Crippen LogP contribution < -0.4 is 4.74 Å². The minimum Gasteiger partial charge on any atom is -0.493 e. The molecule has 0 aliphatic rings. The molecule has 0 N–H and O–H groups in total. The van der Waals surface area contributed by atoms with E-state index in [4.69, 9.17) is 9.47 Å². The molecule has 0 unspecified atom stereocenters. The van der Waals surface area contributed by atoms with Crippen molar-refractivity contribution in [2.45, 2.75) is 97.0 Å². The Hall–Kier alpha value is -2.55. The number of ether oxygens (including phenoxy) is 2. The molecule has 0 aliphatic heterocycles. The molecule has 3 heteroatoms. The summed E-state index contributed by atoms with van der Waals surface area (Å²) < 4.78 is 11.3. The summed E-state index contributed by atoms with van der Waals surface area (Å²) in [4.78, 5) is 11.5. The standard InChI is InChI=1S/C31H42O3/c1-25(2)34-31(32)21-12-10-8-6-4-3-5-7-9-11-15-22-33-30-20-16-19-28-23-26-17-13-14-18-27(26)24-29(28)30/h13-14,16-20,23-25H,3-12,15,21-22H2,1-2H3. The minimum atomic E-state index is -0.0499. The smallest absolute Gasteiger partial charge is 0.306 e. The molecule has 0 aliphatic carbocycles. The molecule has 0 radical (unpaired) electrons. The average Bonchev–Trinajstić information content (AvgIpc) is 2.82. The third-order valence-corrected chi connectivity index (χ3v) is 6.36. The van der Waals surface area contributed by atoms with Crippen molar-refractivity contribution in [2.24, 2.45) is 0 Å². The van der Waals surface area contributed by atoms with Crippen LogP contribution in [0.1, 0.15) is 90.9 Å². The molecule has 0 bridgehead atoms. The molecule has 0 atom stereocenters. The molecular formula is C31H42O3. The van der Waals surface area contributed by atoms with Crippen LogP contribution in [0.15, 0.2) is 54.6 Å². The van der Waals surface area contributed by atoms with E-state index in [-0.39, 0.29) is 12.1 Å². The first kappa shape index (κ1) is 26.1. The van der Waals surface area contributed by atoms with Gasteiger partial charge in [0.05, 0.1) is 12.7 Å². The van der Waals surface area contributed by atoms with E-state index >= 15 is 0 Å². The highest BCUT2D eigenvalue weighted by atomic mass is 16.5. The maximum absolute atomic E-state index is 11.5. The van der Waals surface area contributed by atoms with E-state index in [9.17, 15) is 4.79 Å². The maximum atomic E-state index is 11.5. The van der Waals surface area contributed by atoms with Crippen LogP contribution in [0, 0.1) is 0 Å². The second kappa shape index (κ2) is 14.7. The lowest BCUT2D eigenvalue weighted by atomic mass is 10.0. The van der Waals surface area contributed by atoms with Gasteiger partial charge in [0.1, 0.15) is 5.75 Å². The Bertz CT molecular complexity index is 1010. The Morgan fingerprint density at radius 3 is 1.88 bits per heavy atom. The summed E-state index contributed by atoms with van der Waals surface area (Å²) >= 11 is 0. The molecule has 0 aromatic heterocycles. The molecule has 0 amide bonds. The summed E-state index contributed by atoms with van der Waals surface area (Å²) in [6.07, 6.45) is 14.1. The summed E-state index contributed by atoms with van der Waals surface area (Å²) in [5.41, 5.74) is 0. The van der Waals surface area contributed by atoms with Crippen LogP contribution in [0.4, 0.5) is 0 Å². The van der Waals surface area contributed by atoms with Gasteiger partial charge in [0, 0.05) is 11.8 Å². The van der Waals surface area contributed by atoms with E-state index in [2.05, 4.69) is 54.6 Å². The van der Waals surface area contributed by atoms with Crippen LogP contribution in [0.3, 0.4) is 0 Å². The number of benzene rings is 3. The molecular weight excluding hydrogens is 420 g/mol. The summed E-state index contributed by atoms with van der Waals surface area (Å²) in [7, 11) is 0. The van der Waals surface area contributed by atoms with E-state index in [0.29, 0.717) is 6.42 Å². The average molecular weight is 463 g/mol. The predicted octanol–water partition coefficient (Wildman–Crippen LogP) is 9.00. The molecule has 34 heavy (non-hydrogen) atoms. The maximum Gasteiger partial charge on any atom is 0.306 e. The largest absolute Gasteiger partial charge is 0.493 e. The Morgan fingerprint density at radius 1 is 0.676 bits per heavy atom. The molecule has 0 fully saturated rings. The fourth-order valence-electron chi connectivity index (χ4n) is 4.53. The zero-order valence-electron chi connectivity index (χ0n) is 21.2. The Balaban J connectivity index is 1.20. The quantitative estimate of drug-likeness (QED) is 0.121. The van der Waals surface area contributed by atoms with Gasteiger partial charge >= 0.3 is 5.97 Å². The molecule has 3 aromatic rings. The van der Waals surface area contributed by atoms with E-state index in [0.717, 1.165) is 31.6 Å². The number of carbonyl (C=O) groups excluding carboxylic acids is 1. The second-order valence-corrected chi connectivity index (χ2v) is 9.70. The second-order valence-electron chi connectivity index (χ2n) is 9.70. The Morgan fingerprint density at radius 2 is 1.24 bits per heavy atom. The van der Waals surface area contributed by atoms with Crippen LogP contribution in [0.5, 0.6) is 5.75 Å². The Kier molecular flexibility index (Phi) is 11.2. The number of carbonyl (C=O) groups is 1. The first-order valence-corrected chi connectivity index (χ1v) is 13.4. The lowest BCUT2D eigenvalue weighted by molar-refractivity contribution is -0.147. The number of fused-ring (bicyclic) bond motifs is 2. The Labute approximate surface area is 205 Å². The highest BCUT2D eigenvalue weighted by molar-refractivity contribution is 6.00. The van der Waals surface area contributed by atoms with Crippen molar-refractivity contribution >= 4 is 27.5 Å². The molecule has 3 rings (SSSR count). The predicted molar refractivity (Wildman–Crippen MR) is 144 cm³/mol. The van der Waals surface area contributed by atoms with Crippen LogP contribution in [0.2, 0.25) is 0 Å².